The van der Waals surface area contributed by atoms with Gasteiger partial charge in [-0.3, -0.25) is 4.90 Å². The normalized spacial score (nSPS) is 11.5. The van der Waals surface area contributed by atoms with Crippen molar-refractivity contribution in [2.45, 2.75) is 73.5 Å². The summed E-state index contributed by atoms with van der Waals surface area (Å²) in [6.45, 7) is 14.4. The lowest BCUT2D eigenvalue weighted by Crippen LogP contribution is -2.27. The summed E-state index contributed by atoms with van der Waals surface area (Å²) < 4.78 is 2.46. The second-order valence-electron chi connectivity index (χ2n) is 11.3. The summed E-state index contributed by atoms with van der Waals surface area (Å²) >= 11 is 0. The third-order valence-corrected chi connectivity index (χ3v) is 7.52. The van der Waals surface area contributed by atoms with Gasteiger partial charge in [0, 0.05) is 30.8 Å². The SMILES string of the molecule is CCCCn1c(-c2ccccc2C)nc(-c2ccc(C)cc2)c1CN(CCC(C)C)Cc1ccc(C(=O)O)cc1. The lowest BCUT2D eigenvalue weighted by atomic mass is 10.1. The van der Waals surface area contributed by atoms with Crippen LogP contribution >= 0.6 is 0 Å². The van der Waals surface area contributed by atoms with Crippen LogP contribution in [0.4, 0.5) is 0 Å². The first-order valence-corrected chi connectivity index (χ1v) is 14.5. The molecular weight excluding hydrogens is 494 g/mol. The number of carboxylic acid groups (broad SMARTS) is 1. The number of unbranched alkanes of at least 4 members (excludes halogenated alkanes) is 1. The molecular formula is C35H43N3O2. The van der Waals surface area contributed by atoms with Crippen LogP contribution in [-0.4, -0.2) is 32.1 Å². The molecule has 0 radical (unpaired) electrons. The van der Waals surface area contributed by atoms with E-state index >= 15 is 0 Å². The quantitative estimate of drug-likeness (QED) is 0.186. The predicted molar refractivity (Wildman–Crippen MR) is 164 cm³/mol. The number of hydrogen-bond acceptors (Lipinski definition) is 3. The summed E-state index contributed by atoms with van der Waals surface area (Å²) in [7, 11) is 0. The Balaban J connectivity index is 1.81. The van der Waals surface area contributed by atoms with E-state index in [1.807, 2.05) is 12.1 Å². The van der Waals surface area contributed by atoms with Crippen LogP contribution in [-0.2, 0) is 19.6 Å². The van der Waals surface area contributed by atoms with Crippen molar-refractivity contribution in [2.24, 2.45) is 5.92 Å². The van der Waals surface area contributed by atoms with Crippen molar-refractivity contribution in [1.82, 2.24) is 14.5 Å². The first kappa shape index (κ1) is 29.3. The molecule has 3 aromatic carbocycles. The molecule has 40 heavy (non-hydrogen) atoms. The number of hydrogen-bond donors (Lipinski definition) is 1. The maximum absolute atomic E-state index is 11.4. The Morgan fingerprint density at radius 3 is 2.27 bits per heavy atom. The lowest BCUT2D eigenvalue weighted by Gasteiger charge is -2.25. The number of rotatable bonds is 13. The van der Waals surface area contributed by atoms with Gasteiger partial charge in [-0.05, 0) is 62.4 Å². The number of nitrogens with zero attached hydrogens (tertiary/aromatic N) is 3. The smallest absolute Gasteiger partial charge is 0.335 e. The minimum Gasteiger partial charge on any atom is -0.478 e. The van der Waals surface area contributed by atoms with Crippen LogP contribution in [0.15, 0.2) is 72.8 Å². The number of benzene rings is 3. The first-order valence-electron chi connectivity index (χ1n) is 14.5. The highest BCUT2D eigenvalue weighted by molar-refractivity contribution is 5.87. The van der Waals surface area contributed by atoms with Crippen molar-refractivity contribution in [3.8, 4) is 22.6 Å². The predicted octanol–water partition coefficient (Wildman–Crippen LogP) is 8.38. The second kappa shape index (κ2) is 13.6. The molecule has 4 rings (SSSR count). The largest absolute Gasteiger partial charge is 0.478 e. The van der Waals surface area contributed by atoms with Crippen LogP contribution in [0, 0.1) is 19.8 Å². The minimum atomic E-state index is -0.894. The van der Waals surface area contributed by atoms with E-state index in [2.05, 4.69) is 92.6 Å². The fourth-order valence-corrected chi connectivity index (χ4v) is 5.05. The molecule has 1 aromatic heterocycles. The molecule has 5 heteroatoms. The number of aromatic carboxylic acids is 1. The van der Waals surface area contributed by atoms with E-state index in [1.165, 1.54) is 22.4 Å². The molecule has 0 amide bonds. The molecule has 0 unspecified atom stereocenters. The Morgan fingerprint density at radius 1 is 0.950 bits per heavy atom. The monoisotopic (exact) mass is 537 g/mol. The van der Waals surface area contributed by atoms with E-state index in [9.17, 15) is 9.90 Å². The Morgan fingerprint density at radius 2 is 1.65 bits per heavy atom. The number of imidazole rings is 1. The van der Waals surface area contributed by atoms with E-state index < -0.39 is 5.97 Å². The van der Waals surface area contributed by atoms with E-state index in [1.54, 1.807) is 12.1 Å². The topological polar surface area (TPSA) is 58.4 Å². The summed E-state index contributed by atoms with van der Waals surface area (Å²) in [5.74, 6) is 0.724. The molecule has 4 aromatic rings. The van der Waals surface area contributed by atoms with Gasteiger partial charge >= 0.3 is 5.97 Å². The fourth-order valence-electron chi connectivity index (χ4n) is 5.05. The molecule has 0 aliphatic carbocycles. The number of aromatic nitrogens is 2. The average molecular weight is 538 g/mol. The van der Waals surface area contributed by atoms with Crippen LogP contribution in [0.25, 0.3) is 22.6 Å². The first-order chi connectivity index (χ1) is 19.3. The van der Waals surface area contributed by atoms with E-state index in [0.717, 1.165) is 68.1 Å². The molecule has 0 saturated carbocycles. The zero-order chi connectivity index (χ0) is 28.6. The zero-order valence-corrected chi connectivity index (χ0v) is 24.7. The minimum absolute atomic E-state index is 0.319. The van der Waals surface area contributed by atoms with Gasteiger partial charge < -0.3 is 9.67 Å². The van der Waals surface area contributed by atoms with Gasteiger partial charge in [-0.25, -0.2) is 9.78 Å². The molecule has 1 N–H and O–H groups in total. The van der Waals surface area contributed by atoms with Crippen molar-refractivity contribution in [3.05, 3.63) is 101 Å². The van der Waals surface area contributed by atoms with Gasteiger partial charge in [-0.2, -0.15) is 0 Å². The Hall–Kier alpha value is -3.70. The standard InChI is InChI=1S/C35H43N3O2/c1-6-7-21-38-32(24-37(22-20-25(2)3)23-28-14-18-30(19-15-28)35(39)40)33(29-16-12-26(4)13-17-29)36-34(38)31-11-9-8-10-27(31)5/h8-19,25H,6-7,20-24H2,1-5H3,(H,39,40). The van der Waals surface area contributed by atoms with E-state index in [-0.39, 0.29) is 0 Å². The van der Waals surface area contributed by atoms with Crippen LogP contribution in [0.1, 0.15) is 72.8 Å². The average Bonchev–Trinajstić information content (AvgIpc) is 3.28. The van der Waals surface area contributed by atoms with Gasteiger partial charge in [-0.1, -0.05) is 93.4 Å². The molecule has 0 fully saturated rings. The molecule has 0 saturated heterocycles. The zero-order valence-electron chi connectivity index (χ0n) is 24.7. The van der Waals surface area contributed by atoms with Gasteiger partial charge in [0.15, 0.2) is 0 Å². The third-order valence-electron chi connectivity index (χ3n) is 7.52. The maximum Gasteiger partial charge on any atom is 0.335 e. The molecule has 0 bridgehead atoms. The fraction of sp³-hybridized carbons (Fsp3) is 0.371. The highest BCUT2D eigenvalue weighted by atomic mass is 16.4. The Labute approximate surface area is 239 Å². The van der Waals surface area contributed by atoms with Gasteiger partial charge in [-0.15, -0.1) is 0 Å². The molecule has 0 aliphatic rings. The van der Waals surface area contributed by atoms with Crippen LogP contribution < -0.4 is 0 Å². The van der Waals surface area contributed by atoms with Crippen LogP contribution in [0.2, 0.25) is 0 Å². The molecule has 0 spiro atoms. The molecule has 0 aliphatic heterocycles. The van der Waals surface area contributed by atoms with E-state index in [4.69, 9.17) is 4.98 Å². The number of carboxylic acids is 1. The highest BCUT2D eigenvalue weighted by Gasteiger charge is 2.23. The van der Waals surface area contributed by atoms with Crippen molar-refractivity contribution >= 4 is 5.97 Å². The Bertz CT molecular complexity index is 1400. The summed E-state index contributed by atoms with van der Waals surface area (Å²) in [6.07, 6.45) is 3.27. The second-order valence-corrected chi connectivity index (χ2v) is 11.3. The highest BCUT2D eigenvalue weighted by Crippen LogP contribution is 2.33. The number of aryl methyl sites for hydroxylation is 2. The van der Waals surface area contributed by atoms with Crippen LogP contribution in [0.5, 0.6) is 0 Å². The van der Waals surface area contributed by atoms with Gasteiger partial charge in [0.2, 0.25) is 0 Å². The van der Waals surface area contributed by atoms with Crippen molar-refractivity contribution in [1.29, 1.82) is 0 Å². The van der Waals surface area contributed by atoms with Crippen molar-refractivity contribution in [3.63, 3.8) is 0 Å². The van der Waals surface area contributed by atoms with E-state index in [0.29, 0.717) is 11.5 Å². The maximum atomic E-state index is 11.4. The van der Waals surface area contributed by atoms with Gasteiger partial charge in [0.05, 0.1) is 17.0 Å². The summed E-state index contributed by atoms with van der Waals surface area (Å²) in [5, 5.41) is 9.35. The lowest BCUT2D eigenvalue weighted by molar-refractivity contribution is 0.0697. The summed E-state index contributed by atoms with van der Waals surface area (Å²) in [6, 6.07) is 24.5. The molecule has 0 atom stereocenters. The van der Waals surface area contributed by atoms with Crippen molar-refractivity contribution in [2.75, 3.05) is 6.54 Å². The van der Waals surface area contributed by atoms with Crippen molar-refractivity contribution < 1.29 is 9.90 Å². The summed E-state index contributed by atoms with van der Waals surface area (Å²) in [5.41, 5.74) is 8.49. The third kappa shape index (κ3) is 7.28. The molecule has 1 heterocycles. The number of carbonyl (C=O) groups is 1. The van der Waals surface area contributed by atoms with Gasteiger partial charge in [0.1, 0.15) is 5.82 Å². The molecule has 210 valence electrons. The van der Waals surface area contributed by atoms with Gasteiger partial charge in [0.25, 0.3) is 0 Å². The molecule has 5 nitrogen and oxygen atoms in total. The van der Waals surface area contributed by atoms with Crippen LogP contribution in [0.3, 0.4) is 0 Å². The summed E-state index contributed by atoms with van der Waals surface area (Å²) in [4.78, 5) is 19.2. The Kier molecular flexibility index (Phi) is 9.94.